The van der Waals surface area contributed by atoms with Gasteiger partial charge in [-0.2, -0.15) is 0 Å². The van der Waals surface area contributed by atoms with E-state index in [1.54, 1.807) is 0 Å². The van der Waals surface area contributed by atoms with Gasteiger partial charge in [0.25, 0.3) is 0 Å². The zero-order valence-corrected chi connectivity index (χ0v) is 8.83. The molecule has 0 spiro atoms. The highest BCUT2D eigenvalue weighted by molar-refractivity contribution is 5.14. The van der Waals surface area contributed by atoms with Gasteiger partial charge in [0.05, 0.1) is 5.54 Å². The standard InChI is InChI=1S/C11H17N3/c1-8(2)9-4-7-13-10(14-9)11(12)5-3-6-11/h4,7-8H,3,5-6,12H2,1-2H3. The Kier molecular flexibility index (Phi) is 2.27. The van der Waals surface area contributed by atoms with Gasteiger partial charge in [-0.25, -0.2) is 9.97 Å². The Bertz CT molecular complexity index is 329. The van der Waals surface area contributed by atoms with Gasteiger partial charge in [-0.1, -0.05) is 13.8 Å². The van der Waals surface area contributed by atoms with Gasteiger partial charge in [-0.3, -0.25) is 0 Å². The predicted octanol–water partition coefficient (Wildman–Crippen LogP) is 1.94. The molecule has 1 heterocycles. The lowest BCUT2D eigenvalue weighted by Crippen LogP contribution is -2.45. The molecule has 3 heteroatoms. The first kappa shape index (κ1) is 9.59. The molecule has 0 radical (unpaired) electrons. The first-order valence-corrected chi connectivity index (χ1v) is 5.24. The Morgan fingerprint density at radius 1 is 1.43 bits per heavy atom. The van der Waals surface area contributed by atoms with Crippen LogP contribution in [0.1, 0.15) is 50.5 Å². The third kappa shape index (κ3) is 1.52. The second-order valence-corrected chi connectivity index (χ2v) is 4.47. The fraction of sp³-hybridized carbons (Fsp3) is 0.636. The Morgan fingerprint density at radius 2 is 2.14 bits per heavy atom. The van der Waals surface area contributed by atoms with Crippen molar-refractivity contribution in [3.63, 3.8) is 0 Å². The van der Waals surface area contributed by atoms with Crippen molar-refractivity contribution in [1.82, 2.24) is 9.97 Å². The highest BCUT2D eigenvalue weighted by Crippen LogP contribution is 2.36. The summed E-state index contributed by atoms with van der Waals surface area (Å²) in [6.07, 6.45) is 5.07. The molecule has 0 bridgehead atoms. The van der Waals surface area contributed by atoms with Crippen molar-refractivity contribution in [2.24, 2.45) is 5.73 Å². The first-order chi connectivity index (χ1) is 6.62. The summed E-state index contributed by atoms with van der Waals surface area (Å²) in [6, 6.07) is 1.97. The molecule has 1 aliphatic carbocycles. The number of rotatable bonds is 2. The highest BCUT2D eigenvalue weighted by atomic mass is 15.0. The Labute approximate surface area is 84.8 Å². The minimum Gasteiger partial charge on any atom is -0.319 e. The number of hydrogen-bond donors (Lipinski definition) is 1. The fourth-order valence-electron chi connectivity index (χ4n) is 1.72. The molecule has 0 atom stereocenters. The molecule has 1 saturated carbocycles. The molecule has 14 heavy (non-hydrogen) atoms. The maximum Gasteiger partial charge on any atom is 0.148 e. The first-order valence-electron chi connectivity index (χ1n) is 5.24. The maximum absolute atomic E-state index is 6.17. The molecule has 1 aromatic rings. The van der Waals surface area contributed by atoms with Crippen LogP contribution >= 0.6 is 0 Å². The van der Waals surface area contributed by atoms with Crippen molar-refractivity contribution < 1.29 is 0 Å². The van der Waals surface area contributed by atoms with Gasteiger partial charge in [-0.05, 0) is 31.2 Å². The molecule has 0 saturated heterocycles. The van der Waals surface area contributed by atoms with E-state index < -0.39 is 0 Å². The van der Waals surface area contributed by atoms with Crippen molar-refractivity contribution in [3.05, 3.63) is 23.8 Å². The molecule has 1 aromatic heterocycles. The summed E-state index contributed by atoms with van der Waals surface area (Å²) in [6.45, 7) is 4.27. The number of nitrogens with two attached hydrogens (primary N) is 1. The molecule has 1 aliphatic rings. The van der Waals surface area contributed by atoms with Crippen molar-refractivity contribution >= 4 is 0 Å². The molecule has 0 unspecified atom stereocenters. The maximum atomic E-state index is 6.17. The van der Waals surface area contributed by atoms with Crippen LogP contribution in [-0.4, -0.2) is 9.97 Å². The zero-order chi connectivity index (χ0) is 10.2. The Morgan fingerprint density at radius 3 is 2.64 bits per heavy atom. The highest BCUT2D eigenvalue weighted by Gasteiger charge is 2.37. The van der Waals surface area contributed by atoms with Gasteiger partial charge in [-0.15, -0.1) is 0 Å². The van der Waals surface area contributed by atoms with Gasteiger partial charge < -0.3 is 5.73 Å². The van der Waals surface area contributed by atoms with E-state index in [0.29, 0.717) is 5.92 Å². The van der Waals surface area contributed by atoms with E-state index in [1.165, 1.54) is 6.42 Å². The normalized spacial score (nSPS) is 19.4. The Balaban J connectivity index is 2.30. The van der Waals surface area contributed by atoms with Crippen LogP contribution in [0, 0.1) is 0 Å². The largest absolute Gasteiger partial charge is 0.319 e. The van der Waals surface area contributed by atoms with Crippen LogP contribution < -0.4 is 5.73 Å². The van der Waals surface area contributed by atoms with Crippen LogP contribution in [-0.2, 0) is 5.54 Å². The third-order valence-electron chi connectivity index (χ3n) is 2.96. The molecule has 0 amide bonds. The molecule has 0 aromatic carbocycles. The molecular weight excluding hydrogens is 174 g/mol. The van der Waals surface area contributed by atoms with E-state index in [2.05, 4.69) is 23.8 Å². The minimum atomic E-state index is -0.231. The van der Waals surface area contributed by atoms with E-state index >= 15 is 0 Å². The summed E-state index contributed by atoms with van der Waals surface area (Å²) in [7, 11) is 0. The van der Waals surface area contributed by atoms with Crippen molar-refractivity contribution in [1.29, 1.82) is 0 Å². The summed E-state index contributed by atoms with van der Waals surface area (Å²) in [5.41, 5.74) is 7.03. The summed E-state index contributed by atoms with van der Waals surface area (Å²) in [4.78, 5) is 8.81. The average molecular weight is 191 g/mol. The van der Waals surface area contributed by atoms with Gasteiger partial charge in [0.15, 0.2) is 0 Å². The molecular formula is C11H17N3. The lowest BCUT2D eigenvalue weighted by atomic mass is 9.77. The van der Waals surface area contributed by atoms with E-state index in [0.717, 1.165) is 24.4 Å². The van der Waals surface area contributed by atoms with Crippen LogP contribution in [0.15, 0.2) is 12.3 Å². The molecule has 0 aliphatic heterocycles. The van der Waals surface area contributed by atoms with E-state index in [4.69, 9.17) is 5.73 Å². The minimum absolute atomic E-state index is 0.231. The van der Waals surface area contributed by atoms with Crippen LogP contribution in [0.2, 0.25) is 0 Å². The average Bonchev–Trinajstić information content (AvgIpc) is 2.14. The van der Waals surface area contributed by atoms with E-state index in [-0.39, 0.29) is 5.54 Å². The van der Waals surface area contributed by atoms with Gasteiger partial charge in [0, 0.05) is 11.9 Å². The third-order valence-corrected chi connectivity index (χ3v) is 2.96. The van der Waals surface area contributed by atoms with Gasteiger partial charge in [0.2, 0.25) is 0 Å². The second kappa shape index (κ2) is 3.31. The lowest BCUT2D eigenvalue weighted by molar-refractivity contribution is 0.237. The molecule has 3 nitrogen and oxygen atoms in total. The molecule has 1 fully saturated rings. The van der Waals surface area contributed by atoms with Crippen LogP contribution in [0.5, 0.6) is 0 Å². The summed E-state index contributed by atoms with van der Waals surface area (Å²) >= 11 is 0. The molecule has 2 rings (SSSR count). The molecule has 76 valence electrons. The second-order valence-electron chi connectivity index (χ2n) is 4.47. The van der Waals surface area contributed by atoms with Crippen LogP contribution in [0.4, 0.5) is 0 Å². The summed E-state index contributed by atoms with van der Waals surface area (Å²) < 4.78 is 0. The quantitative estimate of drug-likeness (QED) is 0.777. The van der Waals surface area contributed by atoms with Crippen LogP contribution in [0.3, 0.4) is 0 Å². The SMILES string of the molecule is CC(C)c1ccnc(C2(N)CCC2)n1. The van der Waals surface area contributed by atoms with Crippen LogP contribution in [0.25, 0.3) is 0 Å². The van der Waals surface area contributed by atoms with Crippen molar-refractivity contribution in [2.75, 3.05) is 0 Å². The summed E-state index contributed by atoms with van der Waals surface area (Å²) in [5.74, 6) is 1.27. The lowest BCUT2D eigenvalue weighted by Gasteiger charge is -2.36. The monoisotopic (exact) mass is 191 g/mol. The summed E-state index contributed by atoms with van der Waals surface area (Å²) in [5, 5.41) is 0. The number of nitrogens with zero attached hydrogens (tertiary/aromatic N) is 2. The van der Waals surface area contributed by atoms with Crippen molar-refractivity contribution in [2.45, 2.75) is 44.6 Å². The van der Waals surface area contributed by atoms with Crippen molar-refractivity contribution in [3.8, 4) is 0 Å². The predicted molar refractivity (Wildman–Crippen MR) is 55.8 cm³/mol. The van der Waals surface area contributed by atoms with Gasteiger partial charge in [0.1, 0.15) is 5.82 Å². The van der Waals surface area contributed by atoms with E-state index in [1.807, 2.05) is 12.3 Å². The number of aromatic nitrogens is 2. The Hall–Kier alpha value is -0.960. The van der Waals surface area contributed by atoms with Gasteiger partial charge >= 0.3 is 0 Å². The smallest absolute Gasteiger partial charge is 0.148 e. The zero-order valence-electron chi connectivity index (χ0n) is 8.83. The fourth-order valence-corrected chi connectivity index (χ4v) is 1.72. The number of hydrogen-bond acceptors (Lipinski definition) is 3. The van der Waals surface area contributed by atoms with E-state index in [9.17, 15) is 0 Å². The topological polar surface area (TPSA) is 51.8 Å². The molecule has 2 N–H and O–H groups in total.